The number of rotatable bonds is 4. The first-order valence-corrected chi connectivity index (χ1v) is 9.39. The number of ether oxygens (including phenoxy) is 1. The van der Waals surface area contributed by atoms with Gasteiger partial charge >= 0.3 is 5.97 Å². The molecule has 2 bridgehead atoms. The van der Waals surface area contributed by atoms with E-state index in [2.05, 4.69) is 4.90 Å². The largest absolute Gasteiger partial charge is 0.458 e. The Morgan fingerprint density at radius 2 is 1.72 bits per heavy atom. The molecule has 1 aromatic rings. The van der Waals surface area contributed by atoms with Crippen LogP contribution in [-0.2, 0) is 15.1 Å². The molecule has 3 heterocycles. The summed E-state index contributed by atoms with van der Waals surface area (Å²) in [6.45, 7) is 3.06. The van der Waals surface area contributed by atoms with E-state index in [1.807, 2.05) is 30.3 Å². The topological polar surface area (TPSA) is 49.8 Å². The van der Waals surface area contributed by atoms with Gasteiger partial charge in [-0.2, -0.15) is 0 Å². The zero-order valence-corrected chi connectivity index (χ0v) is 15.4. The van der Waals surface area contributed by atoms with E-state index in [1.54, 1.807) is 0 Å². The van der Waals surface area contributed by atoms with E-state index in [0.717, 1.165) is 58.2 Å². The van der Waals surface area contributed by atoms with Crippen LogP contribution in [0, 0.1) is 11.8 Å². The van der Waals surface area contributed by atoms with Crippen LogP contribution in [0.3, 0.4) is 0 Å². The van der Waals surface area contributed by atoms with Crippen molar-refractivity contribution in [1.29, 1.82) is 0 Å². The third-order valence-corrected chi connectivity index (χ3v) is 6.33. The number of carbonyl (C=O) groups excluding carboxylic acids is 1. The van der Waals surface area contributed by atoms with Crippen LogP contribution in [0.2, 0.25) is 0 Å². The van der Waals surface area contributed by atoms with E-state index >= 15 is 0 Å². The molecule has 1 N–H and O–H groups in total. The minimum absolute atomic E-state index is 0. The number of fused-ring (bicyclic) bond motifs is 3. The van der Waals surface area contributed by atoms with Gasteiger partial charge in [-0.1, -0.05) is 43.2 Å². The van der Waals surface area contributed by atoms with Gasteiger partial charge in [0.2, 0.25) is 0 Å². The van der Waals surface area contributed by atoms with Crippen LogP contribution >= 0.6 is 12.4 Å². The van der Waals surface area contributed by atoms with Crippen molar-refractivity contribution in [1.82, 2.24) is 4.90 Å². The molecule has 1 aromatic carbocycles. The van der Waals surface area contributed by atoms with Gasteiger partial charge in [-0.05, 0) is 50.3 Å². The van der Waals surface area contributed by atoms with Crippen molar-refractivity contribution in [3.63, 3.8) is 0 Å². The summed E-state index contributed by atoms with van der Waals surface area (Å²) < 4.78 is 5.93. The van der Waals surface area contributed by atoms with E-state index in [1.165, 1.54) is 0 Å². The molecular formula is C20H28ClNO3. The van der Waals surface area contributed by atoms with Crippen LogP contribution in [0.25, 0.3) is 0 Å². The Labute approximate surface area is 156 Å². The molecule has 5 rings (SSSR count). The fraction of sp³-hybridized carbons (Fsp3) is 0.650. The van der Waals surface area contributed by atoms with Crippen LogP contribution in [0.1, 0.15) is 44.1 Å². The van der Waals surface area contributed by atoms with Gasteiger partial charge in [0, 0.05) is 12.5 Å². The van der Waals surface area contributed by atoms with Crippen molar-refractivity contribution in [2.45, 2.75) is 50.2 Å². The lowest BCUT2D eigenvalue weighted by molar-refractivity contribution is -0.188. The average Bonchev–Trinajstić information content (AvgIpc) is 3.18. The third kappa shape index (κ3) is 3.44. The molecule has 5 heteroatoms. The van der Waals surface area contributed by atoms with Gasteiger partial charge in [0.15, 0.2) is 5.60 Å². The van der Waals surface area contributed by atoms with Gasteiger partial charge in [-0.15, -0.1) is 12.4 Å². The minimum Gasteiger partial charge on any atom is -0.458 e. The lowest BCUT2D eigenvalue weighted by Crippen LogP contribution is -2.54. The Kier molecular flexibility index (Phi) is 5.71. The molecule has 1 aliphatic carbocycles. The molecule has 1 saturated carbocycles. The summed E-state index contributed by atoms with van der Waals surface area (Å²) in [7, 11) is 0. The maximum atomic E-state index is 13.1. The van der Waals surface area contributed by atoms with E-state index in [0.29, 0.717) is 11.5 Å². The highest BCUT2D eigenvalue weighted by Crippen LogP contribution is 2.42. The molecule has 25 heavy (non-hydrogen) atoms. The maximum absolute atomic E-state index is 13.1. The van der Waals surface area contributed by atoms with Crippen LogP contribution < -0.4 is 0 Å². The van der Waals surface area contributed by atoms with Crippen LogP contribution in [0.15, 0.2) is 30.3 Å². The van der Waals surface area contributed by atoms with Crippen LogP contribution in [0.5, 0.6) is 0 Å². The standard InChI is InChI=1S/C20H27NO3.ClH/c22-19(24-18-14-21-12-10-15(18)11-13-21)20(23,17-8-4-5-9-17)16-6-2-1-3-7-16;/h1-3,6-7,15,17-18,23H,4-5,8-14H2;1H. The predicted octanol–water partition coefficient (Wildman–Crippen LogP) is 3.12. The number of hydrogen-bond acceptors (Lipinski definition) is 4. The number of carbonyl (C=O) groups is 1. The maximum Gasteiger partial charge on any atom is 0.343 e. The SMILES string of the molecule is Cl.O=C(OC1CN2CCC1CC2)C(O)(c1ccccc1)C1CCCC1. The average molecular weight is 366 g/mol. The van der Waals surface area contributed by atoms with Crippen molar-refractivity contribution in [2.75, 3.05) is 19.6 Å². The molecule has 4 fully saturated rings. The number of piperidine rings is 3. The molecule has 0 radical (unpaired) electrons. The zero-order chi connectivity index (χ0) is 16.6. The molecular weight excluding hydrogens is 338 g/mol. The van der Waals surface area contributed by atoms with Gasteiger partial charge in [0.25, 0.3) is 0 Å². The van der Waals surface area contributed by atoms with Crippen molar-refractivity contribution in [3.8, 4) is 0 Å². The second-order valence-electron chi connectivity index (χ2n) is 7.70. The lowest BCUT2D eigenvalue weighted by Gasteiger charge is -2.45. The van der Waals surface area contributed by atoms with Crippen molar-refractivity contribution in [2.24, 2.45) is 11.8 Å². The first-order valence-electron chi connectivity index (χ1n) is 9.39. The zero-order valence-electron chi connectivity index (χ0n) is 14.6. The summed E-state index contributed by atoms with van der Waals surface area (Å²) in [5.74, 6) is -0.00427. The highest BCUT2D eigenvalue weighted by molar-refractivity contribution is 5.85. The van der Waals surface area contributed by atoms with Crippen molar-refractivity contribution < 1.29 is 14.6 Å². The summed E-state index contributed by atoms with van der Waals surface area (Å²) >= 11 is 0. The number of esters is 1. The van der Waals surface area contributed by atoms with Crippen LogP contribution in [0.4, 0.5) is 0 Å². The summed E-state index contributed by atoms with van der Waals surface area (Å²) in [4.78, 5) is 15.5. The minimum atomic E-state index is -1.50. The quantitative estimate of drug-likeness (QED) is 0.833. The second kappa shape index (κ2) is 7.65. The Bertz CT molecular complexity index is 582. The Morgan fingerprint density at radius 3 is 2.28 bits per heavy atom. The first kappa shape index (κ1) is 18.7. The third-order valence-electron chi connectivity index (χ3n) is 6.33. The van der Waals surface area contributed by atoms with Gasteiger partial charge in [-0.3, -0.25) is 4.90 Å². The number of halogens is 1. The van der Waals surface area contributed by atoms with Gasteiger partial charge in [-0.25, -0.2) is 4.79 Å². The first-order chi connectivity index (χ1) is 11.7. The number of nitrogens with zero attached hydrogens (tertiary/aromatic N) is 1. The monoisotopic (exact) mass is 365 g/mol. The van der Waals surface area contributed by atoms with E-state index in [4.69, 9.17) is 4.74 Å². The molecule has 3 aliphatic heterocycles. The molecule has 2 atom stereocenters. The summed E-state index contributed by atoms with van der Waals surface area (Å²) in [5.41, 5.74) is -0.813. The number of benzene rings is 1. The van der Waals surface area contributed by atoms with Gasteiger partial charge in [0.1, 0.15) is 6.10 Å². The van der Waals surface area contributed by atoms with Crippen LogP contribution in [-0.4, -0.2) is 41.7 Å². The van der Waals surface area contributed by atoms with Crippen molar-refractivity contribution in [3.05, 3.63) is 35.9 Å². The summed E-state index contributed by atoms with van der Waals surface area (Å²) in [6, 6.07) is 9.40. The number of hydrogen-bond donors (Lipinski definition) is 1. The number of aliphatic hydroxyl groups is 1. The highest BCUT2D eigenvalue weighted by atomic mass is 35.5. The Balaban J connectivity index is 0.00000182. The second-order valence-corrected chi connectivity index (χ2v) is 7.70. The highest BCUT2D eigenvalue weighted by Gasteiger charge is 2.49. The van der Waals surface area contributed by atoms with E-state index in [-0.39, 0.29) is 24.4 Å². The molecule has 0 amide bonds. The van der Waals surface area contributed by atoms with Gasteiger partial charge < -0.3 is 9.84 Å². The summed E-state index contributed by atoms with van der Waals surface area (Å²) in [5, 5.41) is 11.5. The van der Waals surface area contributed by atoms with E-state index in [9.17, 15) is 9.90 Å². The van der Waals surface area contributed by atoms with E-state index < -0.39 is 11.6 Å². The predicted molar refractivity (Wildman–Crippen MR) is 98.6 cm³/mol. The Hall–Kier alpha value is -1.10. The molecule has 138 valence electrons. The normalized spacial score (nSPS) is 31.2. The molecule has 2 unspecified atom stereocenters. The fourth-order valence-corrected chi connectivity index (χ4v) is 4.83. The van der Waals surface area contributed by atoms with Crippen molar-refractivity contribution >= 4 is 18.4 Å². The summed E-state index contributed by atoms with van der Waals surface area (Å²) in [6.07, 6.45) is 6.08. The molecule has 3 saturated heterocycles. The smallest absolute Gasteiger partial charge is 0.343 e. The fourth-order valence-electron chi connectivity index (χ4n) is 4.83. The molecule has 4 aliphatic rings. The molecule has 4 nitrogen and oxygen atoms in total. The molecule has 0 spiro atoms. The lowest BCUT2D eigenvalue weighted by atomic mass is 9.79. The Morgan fingerprint density at radius 1 is 1.08 bits per heavy atom. The molecule has 0 aromatic heterocycles. The van der Waals surface area contributed by atoms with Gasteiger partial charge in [0.05, 0.1) is 0 Å².